The predicted octanol–water partition coefficient (Wildman–Crippen LogP) is 2.31. The minimum absolute atomic E-state index is 0.0113. The molecule has 32 heavy (non-hydrogen) atoms. The maximum Gasteiger partial charge on any atom is 0.282 e. The predicted molar refractivity (Wildman–Crippen MR) is 110 cm³/mol. The quantitative estimate of drug-likeness (QED) is 0.700. The van der Waals surface area contributed by atoms with E-state index in [2.05, 4.69) is 26.9 Å². The summed E-state index contributed by atoms with van der Waals surface area (Å²) in [6.45, 7) is 5.27. The molecular weight excluding hydrogens is 424 g/mol. The van der Waals surface area contributed by atoms with Gasteiger partial charge in [0.25, 0.3) is 11.9 Å². The number of aliphatic imine (C=N–C) groups is 1. The van der Waals surface area contributed by atoms with Gasteiger partial charge < -0.3 is 25.3 Å². The molecule has 0 radical (unpaired) electrons. The van der Waals surface area contributed by atoms with Gasteiger partial charge in [-0.25, -0.2) is 23.7 Å². The molecule has 3 N–H and O–H groups in total. The van der Waals surface area contributed by atoms with Crippen LogP contribution in [0.4, 0.5) is 14.5 Å². The van der Waals surface area contributed by atoms with Gasteiger partial charge in [0.05, 0.1) is 31.0 Å². The Kier molecular flexibility index (Phi) is 5.51. The number of fused-ring (bicyclic) bond motifs is 1. The summed E-state index contributed by atoms with van der Waals surface area (Å²) in [7, 11) is 0. The molecule has 1 amide bonds. The summed E-state index contributed by atoms with van der Waals surface area (Å²) in [5, 5.41) is 2.66. The van der Waals surface area contributed by atoms with Crippen LogP contribution >= 0.6 is 0 Å². The van der Waals surface area contributed by atoms with Crippen molar-refractivity contribution in [1.82, 2.24) is 9.97 Å². The maximum absolute atomic E-state index is 14.9. The van der Waals surface area contributed by atoms with E-state index in [-0.39, 0.29) is 43.0 Å². The van der Waals surface area contributed by atoms with E-state index in [0.29, 0.717) is 12.3 Å². The summed E-state index contributed by atoms with van der Waals surface area (Å²) in [5.41, 5.74) is 4.63. The van der Waals surface area contributed by atoms with Gasteiger partial charge in [-0.1, -0.05) is 13.5 Å². The highest BCUT2D eigenvalue weighted by atomic mass is 19.1. The zero-order chi connectivity index (χ0) is 22.9. The lowest BCUT2D eigenvalue weighted by Crippen LogP contribution is -2.50. The number of rotatable bonds is 6. The van der Waals surface area contributed by atoms with Crippen molar-refractivity contribution in [2.75, 3.05) is 31.7 Å². The number of nitrogens with one attached hydrogen (secondary N) is 1. The maximum atomic E-state index is 14.9. The number of amides is 1. The van der Waals surface area contributed by atoms with Crippen molar-refractivity contribution in [3.05, 3.63) is 60.1 Å². The highest BCUT2D eigenvalue weighted by Gasteiger charge is 2.58. The first kappa shape index (κ1) is 21.6. The summed E-state index contributed by atoms with van der Waals surface area (Å²) in [5.74, 6) is -1.71. The van der Waals surface area contributed by atoms with E-state index in [1.165, 1.54) is 30.6 Å². The summed E-state index contributed by atoms with van der Waals surface area (Å²) in [4.78, 5) is 24.9. The summed E-state index contributed by atoms with van der Waals surface area (Å²) in [6.07, 6.45) is 2.37. The lowest BCUT2D eigenvalue weighted by atomic mass is 9.69. The number of nitrogens with two attached hydrogens (primary N) is 1. The number of nitrogens with zero attached hydrogens (tertiary/aromatic N) is 3. The van der Waals surface area contributed by atoms with E-state index in [4.69, 9.17) is 19.9 Å². The van der Waals surface area contributed by atoms with Gasteiger partial charge in [0.15, 0.2) is 0 Å². The van der Waals surface area contributed by atoms with Crippen molar-refractivity contribution >= 4 is 17.6 Å². The van der Waals surface area contributed by atoms with Crippen molar-refractivity contribution in [3.8, 4) is 5.88 Å². The molecule has 9 nitrogen and oxygen atoms in total. The van der Waals surface area contributed by atoms with Crippen LogP contribution in [0.5, 0.6) is 5.88 Å². The van der Waals surface area contributed by atoms with Crippen LogP contribution in [0.15, 0.2) is 48.0 Å². The molecule has 1 aromatic carbocycles. The van der Waals surface area contributed by atoms with Gasteiger partial charge in [-0.05, 0) is 18.2 Å². The van der Waals surface area contributed by atoms with Gasteiger partial charge in [0.2, 0.25) is 5.88 Å². The fourth-order valence-corrected chi connectivity index (χ4v) is 3.74. The average molecular weight is 445 g/mol. The zero-order valence-corrected chi connectivity index (χ0v) is 17.2. The molecule has 1 aromatic heterocycles. The number of amidine groups is 1. The van der Waals surface area contributed by atoms with E-state index < -0.39 is 28.5 Å². The topological polar surface area (TPSA) is 121 Å². The first-order valence-electron chi connectivity index (χ1n) is 9.68. The van der Waals surface area contributed by atoms with Crippen LogP contribution in [0, 0.1) is 11.2 Å². The van der Waals surface area contributed by atoms with E-state index in [1.54, 1.807) is 0 Å². The molecule has 4 rings (SSSR count). The number of benzene rings is 1. The van der Waals surface area contributed by atoms with Gasteiger partial charge in [-0.2, -0.15) is 0 Å². The van der Waals surface area contributed by atoms with Gasteiger partial charge in [-0.15, -0.1) is 0 Å². The molecule has 0 unspecified atom stereocenters. The highest BCUT2D eigenvalue weighted by Crippen LogP contribution is 2.51. The highest BCUT2D eigenvalue weighted by molar-refractivity contribution is 6.02. The van der Waals surface area contributed by atoms with Crippen LogP contribution in [0.25, 0.3) is 0 Å². The van der Waals surface area contributed by atoms with E-state index in [9.17, 15) is 13.6 Å². The van der Waals surface area contributed by atoms with E-state index in [0.717, 1.165) is 0 Å². The second-order valence-corrected chi connectivity index (χ2v) is 7.85. The Bertz CT molecular complexity index is 1090. The van der Waals surface area contributed by atoms with Crippen LogP contribution in [0.2, 0.25) is 0 Å². The molecule has 1 fully saturated rings. The zero-order valence-electron chi connectivity index (χ0n) is 17.2. The van der Waals surface area contributed by atoms with Gasteiger partial charge >= 0.3 is 0 Å². The Morgan fingerprint density at radius 1 is 1.31 bits per heavy atom. The fraction of sp³-hybridized carbons (Fsp3) is 0.333. The third-order valence-corrected chi connectivity index (χ3v) is 5.48. The minimum Gasteiger partial charge on any atom is -0.469 e. The second-order valence-electron chi connectivity index (χ2n) is 7.85. The first-order chi connectivity index (χ1) is 15.2. The molecular formula is C21H21F2N5O4. The molecule has 0 spiro atoms. The molecule has 11 heteroatoms. The van der Waals surface area contributed by atoms with Crippen LogP contribution in [-0.4, -0.2) is 48.3 Å². The first-order valence-corrected chi connectivity index (χ1v) is 9.68. The molecule has 1 saturated heterocycles. The summed E-state index contributed by atoms with van der Waals surface area (Å²) >= 11 is 0. The Hall–Kier alpha value is -3.60. The third-order valence-electron chi connectivity index (χ3n) is 5.48. The molecule has 0 bridgehead atoms. The number of ether oxygens (including phenoxy) is 3. The largest absolute Gasteiger partial charge is 0.469 e. The molecule has 2 aromatic rings. The molecule has 0 saturated carbocycles. The van der Waals surface area contributed by atoms with Crippen LogP contribution in [0.1, 0.15) is 23.0 Å². The summed E-state index contributed by atoms with van der Waals surface area (Å²) in [6, 6.07) is 4.12. The molecule has 2 atom stereocenters. The smallest absolute Gasteiger partial charge is 0.282 e. The van der Waals surface area contributed by atoms with Gasteiger partial charge in [-0.3, -0.25) is 4.79 Å². The van der Waals surface area contributed by atoms with E-state index in [1.807, 2.05) is 6.92 Å². The van der Waals surface area contributed by atoms with Gasteiger partial charge in [0.1, 0.15) is 36.1 Å². The van der Waals surface area contributed by atoms with Crippen LogP contribution in [0.3, 0.4) is 0 Å². The SMILES string of the molecule is C=C(F)COc1cnc(C(=O)Nc2ccc(F)c([C@]34COC[C@@]3(C)COC(N)=N4)c2)cn1. The Labute approximate surface area is 182 Å². The number of carbonyl (C=O) groups is 1. The number of aromatic nitrogens is 2. The van der Waals surface area contributed by atoms with E-state index >= 15 is 0 Å². The second kappa shape index (κ2) is 8.15. The monoisotopic (exact) mass is 445 g/mol. The standard InChI is InChI=1S/C21H21F2N5O4/c1-12(22)8-31-17-7-25-16(6-26-17)18(29)27-13-3-4-15(23)14(5-13)21-11-30-9-20(21,2)10-32-19(24)28-21/h3-7H,1,8-11H2,2H3,(H2,24,28)(H,27,29)/t20-,21+/m0/s1. The van der Waals surface area contributed by atoms with Crippen LogP contribution in [-0.2, 0) is 15.0 Å². The minimum atomic E-state index is -1.08. The Morgan fingerprint density at radius 3 is 2.84 bits per heavy atom. The molecule has 3 heterocycles. The lowest BCUT2D eigenvalue weighted by molar-refractivity contribution is 0.0665. The van der Waals surface area contributed by atoms with Crippen molar-refractivity contribution in [3.63, 3.8) is 0 Å². The molecule has 0 aliphatic carbocycles. The fourth-order valence-electron chi connectivity index (χ4n) is 3.74. The number of halogens is 2. The average Bonchev–Trinajstić information content (AvgIpc) is 3.11. The van der Waals surface area contributed by atoms with Crippen molar-refractivity contribution in [2.24, 2.45) is 16.1 Å². The van der Waals surface area contributed by atoms with Crippen LogP contribution < -0.4 is 15.8 Å². The molecule has 168 valence electrons. The normalized spacial score (nSPS) is 24.2. The third kappa shape index (κ3) is 3.86. The van der Waals surface area contributed by atoms with Crippen molar-refractivity contribution < 1.29 is 27.8 Å². The number of carbonyl (C=O) groups excluding carboxylic acids is 1. The van der Waals surface area contributed by atoms with Gasteiger partial charge in [0, 0.05) is 11.3 Å². The number of anilines is 1. The molecule has 2 aliphatic heterocycles. The Balaban J connectivity index is 1.58. The molecule has 2 aliphatic rings. The summed E-state index contributed by atoms with van der Waals surface area (Å²) < 4.78 is 43.6. The number of hydrogen-bond acceptors (Lipinski definition) is 8. The Morgan fingerprint density at radius 2 is 2.12 bits per heavy atom. The van der Waals surface area contributed by atoms with Crippen molar-refractivity contribution in [2.45, 2.75) is 12.5 Å². The lowest BCUT2D eigenvalue weighted by Gasteiger charge is -2.42. The number of hydrogen-bond donors (Lipinski definition) is 2. The van der Waals surface area contributed by atoms with Crippen molar-refractivity contribution in [1.29, 1.82) is 0 Å².